The first-order valence-electron chi connectivity index (χ1n) is 6.93. The number of alkyl halides is 1. The number of rotatable bonds is 7. The van der Waals surface area contributed by atoms with Crippen LogP contribution in [0.2, 0.25) is 0 Å². The highest BCUT2D eigenvalue weighted by Crippen LogP contribution is 2.28. The Balaban J connectivity index is 4.64. The molecule has 0 heterocycles. The van der Waals surface area contributed by atoms with E-state index in [1.165, 1.54) is 0 Å². The summed E-state index contributed by atoms with van der Waals surface area (Å²) in [7, 11) is 0. The van der Waals surface area contributed by atoms with Crippen LogP contribution in [0, 0.1) is 11.3 Å². The number of hydrogen-bond donors (Lipinski definition) is 0. The van der Waals surface area contributed by atoms with Gasteiger partial charge in [0, 0.05) is 13.1 Å². The molecule has 0 saturated carbocycles. The Morgan fingerprint density at radius 1 is 1.15 bits per heavy atom. The molecule has 1 unspecified atom stereocenters. The fourth-order valence-corrected chi connectivity index (χ4v) is 1.62. The van der Waals surface area contributed by atoms with Crippen molar-refractivity contribution in [2.24, 2.45) is 11.3 Å². The molecule has 0 aliphatic heterocycles. The molecule has 0 aromatic rings. The van der Waals surface area contributed by atoms with Crippen molar-refractivity contribution in [2.45, 2.75) is 47.8 Å². The zero-order valence-electron chi connectivity index (χ0n) is 13.2. The Hall–Kier alpha value is -0.530. The Labute approximate surface area is 135 Å². The standard InChI is InChI=1S/C14H26INO4/c1-7-16(8-2)13(18)20-11(9-15)19-12(17)14(5,6)10(3)4/h10-11H,7-9H2,1-6H3. The zero-order chi connectivity index (χ0) is 15.9. The molecule has 1 atom stereocenters. The molecule has 0 aromatic carbocycles. The summed E-state index contributed by atoms with van der Waals surface area (Å²) in [5.74, 6) is -0.204. The van der Waals surface area contributed by atoms with Gasteiger partial charge >= 0.3 is 12.1 Å². The first-order chi connectivity index (χ1) is 9.20. The average molecular weight is 399 g/mol. The summed E-state index contributed by atoms with van der Waals surface area (Å²) in [6.45, 7) is 12.5. The van der Waals surface area contributed by atoms with Gasteiger partial charge in [-0.1, -0.05) is 36.4 Å². The number of nitrogens with zero attached hydrogens (tertiary/aromatic N) is 1. The maximum Gasteiger partial charge on any atom is 0.412 e. The largest absolute Gasteiger partial charge is 0.424 e. The highest BCUT2D eigenvalue weighted by molar-refractivity contribution is 14.1. The lowest BCUT2D eigenvalue weighted by atomic mass is 9.81. The number of amides is 1. The van der Waals surface area contributed by atoms with Crippen LogP contribution in [0.5, 0.6) is 0 Å². The quantitative estimate of drug-likeness (QED) is 0.285. The fraction of sp³-hybridized carbons (Fsp3) is 0.857. The summed E-state index contributed by atoms with van der Waals surface area (Å²) in [4.78, 5) is 25.5. The van der Waals surface area contributed by atoms with E-state index in [2.05, 4.69) is 0 Å². The average Bonchev–Trinajstić information content (AvgIpc) is 2.38. The van der Waals surface area contributed by atoms with Crippen LogP contribution in [-0.4, -0.2) is 40.8 Å². The van der Waals surface area contributed by atoms with Gasteiger partial charge in [0.25, 0.3) is 6.29 Å². The number of esters is 1. The molecule has 1 amide bonds. The third kappa shape index (κ3) is 5.46. The van der Waals surface area contributed by atoms with Gasteiger partial charge in [-0.25, -0.2) is 4.79 Å². The zero-order valence-corrected chi connectivity index (χ0v) is 15.4. The smallest absolute Gasteiger partial charge is 0.412 e. The van der Waals surface area contributed by atoms with Gasteiger partial charge in [-0.05, 0) is 33.6 Å². The molecule has 6 heteroatoms. The van der Waals surface area contributed by atoms with E-state index < -0.39 is 17.8 Å². The van der Waals surface area contributed by atoms with Gasteiger partial charge in [0.2, 0.25) is 0 Å². The summed E-state index contributed by atoms with van der Waals surface area (Å²) < 4.78 is 11.0. The molecule has 20 heavy (non-hydrogen) atoms. The number of ether oxygens (including phenoxy) is 2. The van der Waals surface area contributed by atoms with E-state index in [4.69, 9.17) is 9.47 Å². The molecule has 0 spiro atoms. The van der Waals surface area contributed by atoms with Gasteiger partial charge in [-0.3, -0.25) is 4.79 Å². The van der Waals surface area contributed by atoms with E-state index in [-0.39, 0.29) is 11.9 Å². The second-order valence-corrected chi connectivity index (χ2v) is 6.30. The molecule has 0 rings (SSSR count). The van der Waals surface area contributed by atoms with Crippen LogP contribution in [-0.2, 0) is 14.3 Å². The van der Waals surface area contributed by atoms with E-state index in [1.54, 1.807) is 4.90 Å². The molecule has 0 aromatic heterocycles. The van der Waals surface area contributed by atoms with Crippen LogP contribution in [0.1, 0.15) is 41.5 Å². The van der Waals surface area contributed by atoms with E-state index in [9.17, 15) is 9.59 Å². The van der Waals surface area contributed by atoms with Crippen LogP contribution in [0.3, 0.4) is 0 Å². The van der Waals surface area contributed by atoms with Crippen molar-refractivity contribution in [3.05, 3.63) is 0 Å². The number of halogens is 1. The van der Waals surface area contributed by atoms with Crippen LogP contribution < -0.4 is 0 Å². The molecular weight excluding hydrogens is 373 g/mol. The lowest BCUT2D eigenvalue weighted by molar-refractivity contribution is -0.177. The highest BCUT2D eigenvalue weighted by Gasteiger charge is 2.35. The predicted molar refractivity (Wildman–Crippen MR) is 86.8 cm³/mol. The second kappa shape index (κ2) is 8.69. The van der Waals surface area contributed by atoms with Crippen molar-refractivity contribution in [1.82, 2.24) is 4.90 Å². The van der Waals surface area contributed by atoms with E-state index >= 15 is 0 Å². The van der Waals surface area contributed by atoms with Crippen LogP contribution in [0.4, 0.5) is 4.79 Å². The first kappa shape index (κ1) is 19.5. The van der Waals surface area contributed by atoms with Crippen molar-refractivity contribution in [3.8, 4) is 0 Å². The molecule has 0 bridgehead atoms. The van der Waals surface area contributed by atoms with Crippen LogP contribution >= 0.6 is 22.6 Å². The van der Waals surface area contributed by atoms with Gasteiger partial charge in [0.15, 0.2) is 0 Å². The molecule has 5 nitrogen and oxygen atoms in total. The van der Waals surface area contributed by atoms with Gasteiger partial charge in [0.1, 0.15) is 0 Å². The Bertz CT molecular complexity index is 327. The summed E-state index contributed by atoms with van der Waals surface area (Å²) in [6.07, 6.45) is -1.29. The monoisotopic (exact) mass is 399 g/mol. The maximum absolute atomic E-state index is 12.1. The summed E-state index contributed by atoms with van der Waals surface area (Å²) in [6, 6.07) is 0. The molecule has 0 fully saturated rings. The molecule has 118 valence electrons. The summed E-state index contributed by atoms with van der Waals surface area (Å²) in [5.41, 5.74) is -0.605. The third-order valence-electron chi connectivity index (χ3n) is 3.59. The van der Waals surface area contributed by atoms with Gasteiger partial charge in [-0.2, -0.15) is 0 Å². The van der Waals surface area contributed by atoms with Crippen molar-refractivity contribution < 1.29 is 19.1 Å². The molecule has 0 N–H and O–H groups in total. The Kier molecular flexibility index (Phi) is 8.46. The minimum absolute atomic E-state index is 0.142. The fourth-order valence-electron chi connectivity index (χ4n) is 1.26. The lowest BCUT2D eigenvalue weighted by Gasteiger charge is -2.29. The Morgan fingerprint density at radius 2 is 1.65 bits per heavy atom. The lowest BCUT2D eigenvalue weighted by Crippen LogP contribution is -2.39. The molecule has 0 aliphatic carbocycles. The van der Waals surface area contributed by atoms with E-state index in [0.29, 0.717) is 17.5 Å². The highest BCUT2D eigenvalue weighted by atomic mass is 127. The van der Waals surface area contributed by atoms with Gasteiger partial charge < -0.3 is 14.4 Å². The van der Waals surface area contributed by atoms with Crippen LogP contribution in [0.25, 0.3) is 0 Å². The minimum atomic E-state index is -0.839. The predicted octanol–water partition coefficient (Wildman–Crippen LogP) is 3.45. The molecule has 0 saturated heterocycles. The minimum Gasteiger partial charge on any atom is -0.424 e. The normalized spacial score (nSPS) is 13.0. The van der Waals surface area contributed by atoms with E-state index in [1.807, 2.05) is 64.1 Å². The summed E-state index contributed by atoms with van der Waals surface area (Å²) >= 11 is 2.04. The van der Waals surface area contributed by atoms with Gasteiger partial charge in [-0.15, -0.1) is 0 Å². The van der Waals surface area contributed by atoms with Crippen molar-refractivity contribution >= 4 is 34.7 Å². The topological polar surface area (TPSA) is 55.8 Å². The molecule has 0 radical (unpaired) electrons. The van der Waals surface area contributed by atoms with Crippen molar-refractivity contribution in [2.75, 3.05) is 17.5 Å². The number of carbonyl (C=O) groups is 2. The van der Waals surface area contributed by atoms with Gasteiger partial charge in [0.05, 0.1) is 9.84 Å². The Morgan fingerprint density at radius 3 is 2.00 bits per heavy atom. The molecule has 0 aliphatic rings. The van der Waals surface area contributed by atoms with Crippen LogP contribution in [0.15, 0.2) is 0 Å². The maximum atomic E-state index is 12.1. The van der Waals surface area contributed by atoms with Crippen molar-refractivity contribution in [1.29, 1.82) is 0 Å². The van der Waals surface area contributed by atoms with Crippen molar-refractivity contribution in [3.63, 3.8) is 0 Å². The molecular formula is C14H26INO4. The number of carbonyl (C=O) groups excluding carboxylic acids is 2. The van der Waals surface area contributed by atoms with E-state index in [0.717, 1.165) is 0 Å². The second-order valence-electron chi connectivity index (χ2n) is 5.42. The first-order valence-corrected chi connectivity index (χ1v) is 8.45. The number of hydrogen-bond acceptors (Lipinski definition) is 4. The summed E-state index contributed by atoms with van der Waals surface area (Å²) in [5, 5.41) is 0. The third-order valence-corrected chi connectivity index (χ3v) is 4.31. The SMILES string of the molecule is CCN(CC)C(=O)OC(CI)OC(=O)C(C)(C)C(C)C.